The zero-order valence-electron chi connectivity index (χ0n) is 17.1. The van der Waals surface area contributed by atoms with Gasteiger partial charge in [-0.3, -0.25) is 0 Å². The Morgan fingerprint density at radius 2 is 1.87 bits per heavy atom. The Labute approximate surface area is 181 Å². The number of sulfone groups is 1. The van der Waals surface area contributed by atoms with Gasteiger partial charge in [0.05, 0.1) is 11.5 Å². The zero-order chi connectivity index (χ0) is 21.6. The molecular formula is C22H25N3O3S2. The number of rotatable bonds is 10. The molecular weight excluding hydrogens is 418 g/mol. The molecule has 2 aromatic carbocycles. The van der Waals surface area contributed by atoms with Crippen LogP contribution in [0.25, 0.3) is 0 Å². The summed E-state index contributed by atoms with van der Waals surface area (Å²) in [6.07, 6.45) is 1.71. The molecule has 1 heterocycles. The van der Waals surface area contributed by atoms with Crippen LogP contribution in [0, 0.1) is 13.8 Å². The Morgan fingerprint density at radius 3 is 2.57 bits per heavy atom. The standard InChI is InChI=1S/C22H25N3O3S2/c1-4-12-25-21(16-30(26,27)20-10-8-17(2)9-11-20)23-24-22(25)29-14-13-28-19-7-5-6-18(3)15-19/h4-11,15H,1,12-14,16H2,2-3H3. The van der Waals surface area contributed by atoms with E-state index in [1.165, 1.54) is 11.8 Å². The highest BCUT2D eigenvalue weighted by atomic mass is 32.2. The molecule has 0 bridgehead atoms. The number of allylic oxidation sites excluding steroid dienone is 1. The molecule has 3 rings (SSSR count). The molecule has 0 saturated carbocycles. The molecule has 3 aromatic rings. The van der Waals surface area contributed by atoms with Crippen LogP contribution < -0.4 is 4.74 Å². The van der Waals surface area contributed by atoms with Crippen molar-refractivity contribution in [2.75, 3.05) is 12.4 Å². The minimum absolute atomic E-state index is 0.211. The van der Waals surface area contributed by atoms with Crippen LogP contribution in [0.3, 0.4) is 0 Å². The van der Waals surface area contributed by atoms with Gasteiger partial charge in [0.15, 0.2) is 15.0 Å². The third kappa shape index (κ3) is 5.73. The number of aromatic nitrogens is 3. The van der Waals surface area contributed by atoms with Gasteiger partial charge in [0.2, 0.25) is 0 Å². The van der Waals surface area contributed by atoms with Gasteiger partial charge in [0.1, 0.15) is 17.3 Å². The fraction of sp³-hybridized carbons (Fsp3) is 0.273. The zero-order valence-corrected chi connectivity index (χ0v) is 18.7. The fourth-order valence-corrected chi connectivity index (χ4v) is 4.90. The SMILES string of the molecule is C=CCn1c(CS(=O)(=O)c2ccc(C)cc2)nnc1SCCOc1cccc(C)c1. The van der Waals surface area contributed by atoms with E-state index in [1.807, 2.05) is 38.1 Å². The summed E-state index contributed by atoms with van der Waals surface area (Å²) in [5.41, 5.74) is 2.15. The molecule has 0 spiro atoms. The van der Waals surface area contributed by atoms with Crippen molar-refractivity contribution in [3.8, 4) is 5.75 Å². The molecule has 0 aliphatic heterocycles. The van der Waals surface area contributed by atoms with Crippen molar-refractivity contribution in [1.82, 2.24) is 14.8 Å². The lowest BCUT2D eigenvalue weighted by Crippen LogP contribution is -2.12. The molecule has 0 unspecified atom stereocenters. The van der Waals surface area contributed by atoms with Crippen LogP contribution in [0.15, 0.2) is 71.2 Å². The average Bonchev–Trinajstić information content (AvgIpc) is 3.07. The molecule has 0 saturated heterocycles. The highest BCUT2D eigenvalue weighted by Gasteiger charge is 2.21. The molecule has 0 amide bonds. The van der Waals surface area contributed by atoms with Gasteiger partial charge in [-0.05, 0) is 43.7 Å². The molecule has 0 aliphatic rings. The van der Waals surface area contributed by atoms with Gasteiger partial charge in [-0.2, -0.15) is 0 Å². The highest BCUT2D eigenvalue weighted by molar-refractivity contribution is 7.99. The first-order chi connectivity index (χ1) is 14.4. The Kier molecular flexibility index (Phi) is 7.33. The second-order valence-electron chi connectivity index (χ2n) is 6.88. The summed E-state index contributed by atoms with van der Waals surface area (Å²) < 4.78 is 33.1. The van der Waals surface area contributed by atoms with Crippen molar-refractivity contribution in [3.63, 3.8) is 0 Å². The van der Waals surface area contributed by atoms with Crippen LogP contribution >= 0.6 is 11.8 Å². The fourth-order valence-electron chi connectivity index (χ4n) is 2.84. The molecule has 0 N–H and O–H groups in total. The van der Waals surface area contributed by atoms with Gasteiger partial charge in [-0.25, -0.2) is 8.42 Å². The molecule has 6 nitrogen and oxygen atoms in total. The number of benzene rings is 2. The van der Waals surface area contributed by atoms with E-state index in [4.69, 9.17) is 4.74 Å². The number of hydrogen-bond donors (Lipinski definition) is 0. The van der Waals surface area contributed by atoms with E-state index in [0.717, 1.165) is 16.9 Å². The van der Waals surface area contributed by atoms with Crippen LogP contribution in [-0.4, -0.2) is 35.5 Å². The van der Waals surface area contributed by atoms with E-state index in [0.29, 0.717) is 29.9 Å². The summed E-state index contributed by atoms with van der Waals surface area (Å²) in [6.45, 7) is 8.65. The van der Waals surface area contributed by atoms with Crippen molar-refractivity contribution in [3.05, 3.63) is 78.1 Å². The number of hydrogen-bond acceptors (Lipinski definition) is 6. The van der Waals surface area contributed by atoms with Gasteiger partial charge in [-0.15, -0.1) is 16.8 Å². The summed E-state index contributed by atoms with van der Waals surface area (Å²) in [5, 5.41) is 8.98. The summed E-state index contributed by atoms with van der Waals surface area (Å²) in [7, 11) is -3.51. The lowest BCUT2D eigenvalue weighted by Gasteiger charge is -2.09. The lowest BCUT2D eigenvalue weighted by molar-refractivity contribution is 0.343. The highest BCUT2D eigenvalue weighted by Crippen LogP contribution is 2.22. The van der Waals surface area contributed by atoms with Gasteiger partial charge < -0.3 is 9.30 Å². The van der Waals surface area contributed by atoms with Crippen molar-refractivity contribution < 1.29 is 13.2 Å². The largest absolute Gasteiger partial charge is 0.493 e. The molecule has 0 fully saturated rings. The Bertz CT molecular complexity index is 1110. The predicted octanol–water partition coefficient (Wildman–Crippen LogP) is 4.23. The van der Waals surface area contributed by atoms with Crippen LogP contribution in [0.1, 0.15) is 17.0 Å². The van der Waals surface area contributed by atoms with Gasteiger partial charge in [0.25, 0.3) is 0 Å². The van der Waals surface area contributed by atoms with Gasteiger partial charge in [-0.1, -0.05) is 47.7 Å². The molecule has 0 atom stereocenters. The van der Waals surface area contributed by atoms with E-state index in [9.17, 15) is 8.42 Å². The number of thioether (sulfide) groups is 1. The molecule has 30 heavy (non-hydrogen) atoms. The van der Waals surface area contributed by atoms with Crippen molar-refractivity contribution in [1.29, 1.82) is 0 Å². The normalized spacial score (nSPS) is 11.4. The summed E-state index contributed by atoms with van der Waals surface area (Å²) in [4.78, 5) is 0.280. The van der Waals surface area contributed by atoms with Crippen LogP contribution in [0.2, 0.25) is 0 Å². The van der Waals surface area contributed by atoms with E-state index < -0.39 is 9.84 Å². The van der Waals surface area contributed by atoms with Crippen molar-refractivity contribution >= 4 is 21.6 Å². The first-order valence-corrected chi connectivity index (χ1v) is 12.2. The van der Waals surface area contributed by atoms with Gasteiger partial charge >= 0.3 is 0 Å². The van der Waals surface area contributed by atoms with E-state index >= 15 is 0 Å². The minimum Gasteiger partial charge on any atom is -0.493 e. The first kappa shape index (κ1) is 22.1. The van der Waals surface area contributed by atoms with Crippen molar-refractivity contribution in [2.24, 2.45) is 0 Å². The minimum atomic E-state index is -3.51. The topological polar surface area (TPSA) is 74.1 Å². The smallest absolute Gasteiger partial charge is 0.191 e. The molecule has 0 radical (unpaired) electrons. The van der Waals surface area contributed by atoms with Gasteiger partial charge in [0, 0.05) is 12.3 Å². The average molecular weight is 444 g/mol. The lowest BCUT2D eigenvalue weighted by atomic mass is 10.2. The van der Waals surface area contributed by atoms with Crippen molar-refractivity contribution in [2.45, 2.75) is 36.2 Å². The maximum Gasteiger partial charge on any atom is 0.191 e. The second-order valence-corrected chi connectivity index (χ2v) is 9.94. The third-order valence-corrected chi connectivity index (χ3v) is 6.94. The summed E-state index contributed by atoms with van der Waals surface area (Å²) in [5.74, 6) is 1.68. The first-order valence-electron chi connectivity index (χ1n) is 9.54. The van der Waals surface area contributed by atoms with E-state index in [2.05, 4.69) is 16.8 Å². The Balaban J connectivity index is 1.67. The Hall–Kier alpha value is -2.58. The van der Waals surface area contributed by atoms with E-state index in [-0.39, 0.29) is 10.6 Å². The monoisotopic (exact) mass is 443 g/mol. The van der Waals surface area contributed by atoms with Crippen LogP contribution in [0.4, 0.5) is 0 Å². The maximum absolute atomic E-state index is 12.8. The third-order valence-electron chi connectivity index (χ3n) is 4.38. The Morgan fingerprint density at radius 1 is 1.10 bits per heavy atom. The van der Waals surface area contributed by atoms with E-state index in [1.54, 1.807) is 34.9 Å². The number of ether oxygens (including phenoxy) is 1. The summed E-state index contributed by atoms with van der Waals surface area (Å²) in [6, 6.07) is 14.7. The van der Waals surface area contributed by atoms with Crippen LogP contribution in [0.5, 0.6) is 5.75 Å². The maximum atomic E-state index is 12.8. The number of aryl methyl sites for hydroxylation is 2. The quantitative estimate of drug-likeness (QED) is 0.265. The second kappa shape index (κ2) is 9.95. The molecule has 158 valence electrons. The number of nitrogens with zero attached hydrogens (tertiary/aromatic N) is 3. The molecule has 8 heteroatoms. The molecule has 0 aliphatic carbocycles. The predicted molar refractivity (Wildman–Crippen MR) is 120 cm³/mol. The molecule has 1 aromatic heterocycles. The van der Waals surface area contributed by atoms with Crippen LogP contribution in [-0.2, 0) is 22.1 Å². The summed E-state index contributed by atoms with van der Waals surface area (Å²) >= 11 is 1.48.